The molecule has 0 saturated heterocycles. The normalized spacial score (nSPS) is 11.9. The standard InChI is InChI=1S/C10H16N2O/c1-7-6-10(9(3)13-7)8(2)11-12(4)5/h6H,1-5H3/b11-8-. The highest BCUT2D eigenvalue weighted by atomic mass is 16.3. The molecule has 0 unspecified atom stereocenters. The zero-order valence-electron chi connectivity index (χ0n) is 8.88. The molecular formula is C10H16N2O. The first-order valence-electron chi connectivity index (χ1n) is 4.30. The molecule has 1 aromatic rings. The van der Waals surface area contributed by atoms with E-state index in [0.717, 1.165) is 22.8 Å². The molecule has 0 N–H and O–H groups in total. The number of aryl methyl sites for hydroxylation is 2. The van der Waals surface area contributed by atoms with Crippen molar-refractivity contribution in [2.45, 2.75) is 20.8 Å². The molecule has 3 heteroatoms. The maximum atomic E-state index is 5.42. The van der Waals surface area contributed by atoms with E-state index in [0.29, 0.717) is 0 Å². The molecule has 72 valence electrons. The summed E-state index contributed by atoms with van der Waals surface area (Å²) < 4.78 is 5.42. The van der Waals surface area contributed by atoms with Crippen LogP contribution in [0.5, 0.6) is 0 Å². The second kappa shape index (κ2) is 3.64. The molecule has 1 heterocycles. The Bertz CT molecular complexity index is 324. The molecule has 0 fully saturated rings. The van der Waals surface area contributed by atoms with Crippen molar-refractivity contribution < 1.29 is 4.42 Å². The van der Waals surface area contributed by atoms with Crippen LogP contribution in [0.4, 0.5) is 0 Å². The lowest BCUT2D eigenvalue weighted by atomic mass is 10.2. The summed E-state index contributed by atoms with van der Waals surface area (Å²) in [6.07, 6.45) is 0. The topological polar surface area (TPSA) is 28.7 Å². The second-order valence-corrected chi connectivity index (χ2v) is 3.36. The number of hydrogen-bond donors (Lipinski definition) is 0. The van der Waals surface area contributed by atoms with Crippen molar-refractivity contribution in [2.75, 3.05) is 14.1 Å². The molecule has 0 radical (unpaired) electrons. The van der Waals surface area contributed by atoms with Crippen LogP contribution in [0.25, 0.3) is 0 Å². The molecule has 0 aliphatic heterocycles. The zero-order chi connectivity index (χ0) is 10.0. The van der Waals surface area contributed by atoms with Crippen LogP contribution in [-0.2, 0) is 0 Å². The minimum atomic E-state index is 0.931. The van der Waals surface area contributed by atoms with E-state index in [1.54, 1.807) is 5.01 Å². The summed E-state index contributed by atoms with van der Waals surface area (Å²) in [5.41, 5.74) is 2.07. The van der Waals surface area contributed by atoms with Crippen LogP contribution in [0.3, 0.4) is 0 Å². The first kappa shape index (κ1) is 9.84. The highest BCUT2D eigenvalue weighted by Crippen LogP contribution is 2.14. The van der Waals surface area contributed by atoms with Crippen molar-refractivity contribution in [3.63, 3.8) is 0 Å². The van der Waals surface area contributed by atoms with Gasteiger partial charge in [-0.25, -0.2) is 0 Å². The molecule has 1 aromatic heterocycles. The molecule has 0 amide bonds. The Labute approximate surface area is 79.0 Å². The summed E-state index contributed by atoms with van der Waals surface area (Å²) in [4.78, 5) is 0. The van der Waals surface area contributed by atoms with Gasteiger partial charge in [0.25, 0.3) is 0 Å². The van der Waals surface area contributed by atoms with Gasteiger partial charge in [0.2, 0.25) is 0 Å². The van der Waals surface area contributed by atoms with Crippen molar-refractivity contribution in [2.24, 2.45) is 5.10 Å². The minimum Gasteiger partial charge on any atom is -0.466 e. The van der Waals surface area contributed by atoms with Gasteiger partial charge in [-0.1, -0.05) is 0 Å². The third-order valence-corrected chi connectivity index (χ3v) is 1.78. The number of hydrogen-bond acceptors (Lipinski definition) is 3. The van der Waals surface area contributed by atoms with Gasteiger partial charge < -0.3 is 9.43 Å². The van der Waals surface area contributed by atoms with Crippen LogP contribution in [0.2, 0.25) is 0 Å². The Balaban J connectivity index is 3.01. The Morgan fingerprint density at radius 1 is 1.38 bits per heavy atom. The van der Waals surface area contributed by atoms with Crippen LogP contribution in [-0.4, -0.2) is 24.8 Å². The SMILES string of the molecule is C/C(=N/N(C)C)c1cc(C)oc1C. The minimum absolute atomic E-state index is 0.931. The fraction of sp³-hybridized carbons (Fsp3) is 0.500. The van der Waals surface area contributed by atoms with Crippen molar-refractivity contribution in [3.8, 4) is 0 Å². The Kier molecular flexibility index (Phi) is 2.76. The lowest BCUT2D eigenvalue weighted by Crippen LogP contribution is -2.07. The van der Waals surface area contributed by atoms with Gasteiger partial charge in [0.15, 0.2) is 0 Å². The molecule has 0 aliphatic rings. The molecule has 0 aliphatic carbocycles. The lowest BCUT2D eigenvalue weighted by Gasteiger charge is -2.05. The molecule has 13 heavy (non-hydrogen) atoms. The number of nitrogens with zero attached hydrogens (tertiary/aromatic N) is 2. The summed E-state index contributed by atoms with van der Waals surface area (Å²) in [7, 11) is 3.82. The van der Waals surface area contributed by atoms with Gasteiger partial charge in [-0.3, -0.25) is 0 Å². The lowest BCUT2D eigenvalue weighted by molar-refractivity contribution is 0.437. The Hall–Kier alpha value is -1.25. The average Bonchev–Trinajstić information content (AvgIpc) is 2.28. The number of hydrazone groups is 1. The Morgan fingerprint density at radius 3 is 2.38 bits per heavy atom. The van der Waals surface area contributed by atoms with E-state index in [9.17, 15) is 0 Å². The highest BCUT2D eigenvalue weighted by Gasteiger charge is 2.07. The summed E-state index contributed by atoms with van der Waals surface area (Å²) in [5, 5.41) is 6.10. The first-order valence-corrected chi connectivity index (χ1v) is 4.30. The van der Waals surface area contributed by atoms with E-state index in [1.807, 2.05) is 40.9 Å². The maximum Gasteiger partial charge on any atom is 0.110 e. The smallest absolute Gasteiger partial charge is 0.110 e. The summed E-state index contributed by atoms with van der Waals surface area (Å²) >= 11 is 0. The van der Waals surface area contributed by atoms with Gasteiger partial charge in [-0.05, 0) is 26.8 Å². The van der Waals surface area contributed by atoms with Gasteiger partial charge in [0.05, 0.1) is 5.71 Å². The predicted octanol–water partition coefficient (Wildman–Crippen LogP) is 2.18. The third-order valence-electron chi connectivity index (χ3n) is 1.78. The van der Waals surface area contributed by atoms with E-state index in [2.05, 4.69) is 5.10 Å². The quantitative estimate of drug-likeness (QED) is 0.515. The summed E-state index contributed by atoms with van der Waals surface area (Å²) in [5.74, 6) is 1.86. The van der Waals surface area contributed by atoms with Crippen LogP contribution in [0.1, 0.15) is 24.0 Å². The number of rotatable bonds is 2. The fourth-order valence-corrected chi connectivity index (χ4v) is 1.34. The average molecular weight is 180 g/mol. The van der Waals surface area contributed by atoms with Gasteiger partial charge in [-0.15, -0.1) is 0 Å². The number of furan rings is 1. The van der Waals surface area contributed by atoms with Gasteiger partial charge in [0.1, 0.15) is 11.5 Å². The summed E-state index contributed by atoms with van der Waals surface area (Å²) in [6.45, 7) is 5.88. The van der Waals surface area contributed by atoms with E-state index in [4.69, 9.17) is 4.42 Å². The molecular weight excluding hydrogens is 164 g/mol. The zero-order valence-corrected chi connectivity index (χ0v) is 8.88. The third kappa shape index (κ3) is 2.34. The van der Waals surface area contributed by atoms with Gasteiger partial charge in [0, 0.05) is 19.7 Å². The predicted molar refractivity (Wildman–Crippen MR) is 54.1 cm³/mol. The molecule has 0 spiro atoms. The van der Waals surface area contributed by atoms with Crippen molar-refractivity contribution in [1.29, 1.82) is 0 Å². The van der Waals surface area contributed by atoms with Crippen molar-refractivity contribution >= 4 is 5.71 Å². The van der Waals surface area contributed by atoms with Gasteiger partial charge in [-0.2, -0.15) is 5.10 Å². The van der Waals surface area contributed by atoms with Crippen LogP contribution < -0.4 is 0 Å². The fourth-order valence-electron chi connectivity index (χ4n) is 1.34. The molecule has 1 rings (SSSR count). The largest absolute Gasteiger partial charge is 0.466 e. The van der Waals surface area contributed by atoms with E-state index >= 15 is 0 Å². The first-order chi connectivity index (χ1) is 6.00. The van der Waals surface area contributed by atoms with E-state index in [-0.39, 0.29) is 0 Å². The van der Waals surface area contributed by atoms with Crippen LogP contribution >= 0.6 is 0 Å². The van der Waals surface area contributed by atoms with Crippen LogP contribution in [0, 0.1) is 13.8 Å². The molecule has 0 saturated carbocycles. The van der Waals surface area contributed by atoms with Crippen molar-refractivity contribution in [3.05, 3.63) is 23.2 Å². The highest BCUT2D eigenvalue weighted by molar-refractivity contribution is 5.99. The Morgan fingerprint density at radius 2 is 2.00 bits per heavy atom. The monoisotopic (exact) mass is 180 g/mol. The summed E-state index contributed by atoms with van der Waals surface area (Å²) in [6, 6.07) is 2.01. The molecule has 0 atom stereocenters. The van der Waals surface area contributed by atoms with Crippen LogP contribution in [0.15, 0.2) is 15.6 Å². The molecule has 0 aromatic carbocycles. The van der Waals surface area contributed by atoms with E-state index in [1.165, 1.54) is 0 Å². The van der Waals surface area contributed by atoms with E-state index < -0.39 is 0 Å². The van der Waals surface area contributed by atoms with Gasteiger partial charge >= 0.3 is 0 Å². The second-order valence-electron chi connectivity index (χ2n) is 3.36. The maximum absolute atomic E-state index is 5.42. The van der Waals surface area contributed by atoms with Crippen molar-refractivity contribution in [1.82, 2.24) is 5.01 Å². The molecule has 3 nitrogen and oxygen atoms in total. The molecule has 0 bridgehead atoms.